The maximum Gasteiger partial charge on any atom is 0.221 e. The van der Waals surface area contributed by atoms with E-state index in [2.05, 4.69) is 44.5 Å². The molecule has 0 saturated heterocycles. The molecule has 0 radical (unpaired) electrons. The molecule has 9 heteroatoms. The molecule has 1 aromatic heterocycles. The van der Waals surface area contributed by atoms with E-state index in [9.17, 15) is 10.1 Å². The molecule has 0 spiro atoms. The maximum atomic E-state index is 11.8. The number of nitrogens with zero attached hydrogens (tertiary/aromatic N) is 6. The molecule has 0 bridgehead atoms. The second-order valence-electron chi connectivity index (χ2n) is 7.12. The van der Waals surface area contributed by atoms with Gasteiger partial charge in [0.2, 0.25) is 11.7 Å². The highest BCUT2D eigenvalue weighted by Crippen LogP contribution is 2.32. The van der Waals surface area contributed by atoms with Gasteiger partial charge in [-0.2, -0.15) is 15.6 Å². The van der Waals surface area contributed by atoms with E-state index in [1.165, 1.54) is 6.92 Å². The third kappa shape index (κ3) is 6.65. The van der Waals surface area contributed by atoms with Crippen molar-refractivity contribution in [2.24, 2.45) is 10.2 Å². The zero-order valence-electron chi connectivity index (χ0n) is 18.3. The average Bonchev–Trinajstić information content (AvgIpc) is 3.14. The lowest BCUT2D eigenvalue weighted by Gasteiger charge is -2.25. The first kappa shape index (κ1) is 23.6. The minimum absolute atomic E-state index is 0.0304. The number of anilines is 2. The quantitative estimate of drug-likeness (QED) is 0.486. The number of H-pyrrole nitrogens is 1. The predicted octanol–water partition coefficient (Wildman–Crippen LogP) is 5.13. The SMILES string of the molecule is CCCCN(CCCC)c1ccc(N=Nc2n[nH]c(CC#N)c2C#N)c(NC(C)=O)c1. The number of amides is 1. The van der Waals surface area contributed by atoms with Crippen LogP contribution >= 0.6 is 0 Å². The van der Waals surface area contributed by atoms with E-state index < -0.39 is 0 Å². The monoisotopic (exact) mass is 420 g/mol. The number of rotatable bonds is 11. The molecule has 0 aliphatic carbocycles. The molecule has 2 N–H and O–H groups in total. The van der Waals surface area contributed by atoms with Crippen molar-refractivity contribution in [3.8, 4) is 12.1 Å². The van der Waals surface area contributed by atoms with E-state index in [1.807, 2.05) is 24.3 Å². The Morgan fingerprint density at radius 3 is 2.48 bits per heavy atom. The Labute approximate surface area is 182 Å². The van der Waals surface area contributed by atoms with Crippen LogP contribution in [0.25, 0.3) is 0 Å². The first-order valence-electron chi connectivity index (χ1n) is 10.5. The van der Waals surface area contributed by atoms with Crippen molar-refractivity contribution in [3.63, 3.8) is 0 Å². The molecule has 2 rings (SSSR count). The second kappa shape index (κ2) is 12.1. The van der Waals surface area contributed by atoms with Crippen LogP contribution in [-0.4, -0.2) is 29.2 Å². The van der Waals surface area contributed by atoms with E-state index in [1.54, 1.807) is 6.07 Å². The van der Waals surface area contributed by atoms with Gasteiger partial charge in [0.25, 0.3) is 0 Å². The van der Waals surface area contributed by atoms with Crippen molar-refractivity contribution in [2.45, 2.75) is 52.9 Å². The number of carbonyl (C=O) groups is 1. The highest BCUT2D eigenvalue weighted by atomic mass is 16.1. The molecule has 1 aromatic carbocycles. The van der Waals surface area contributed by atoms with Gasteiger partial charge >= 0.3 is 0 Å². The van der Waals surface area contributed by atoms with E-state index in [-0.39, 0.29) is 23.7 Å². The molecular weight excluding hydrogens is 392 g/mol. The summed E-state index contributed by atoms with van der Waals surface area (Å²) in [6.45, 7) is 7.65. The number of aromatic nitrogens is 2. The molecule has 9 nitrogen and oxygen atoms in total. The normalized spacial score (nSPS) is 10.6. The van der Waals surface area contributed by atoms with Crippen molar-refractivity contribution < 1.29 is 4.79 Å². The van der Waals surface area contributed by atoms with Gasteiger partial charge < -0.3 is 10.2 Å². The minimum atomic E-state index is -0.212. The van der Waals surface area contributed by atoms with E-state index in [4.69, 9.17) is 5.26 Å². The number of benzene rings is 1. The smallest absolute Gasteiger partial charge is 0.221 e. The van der Waals surface area contributed by atoms with Crippen molar-refractivity contribution in [1.29, 1.82) is 10.5 Å². The number of hydrogen-bond acceptors (Lipinski definition) is 7. The molecule has 0 aliphatic rings. The molecule has 2 aromatic rings. The van der Waals surface area contributed by atoms with Gasteiger partial charge in [-0.3, -0.25) is 9.89 Å². The van der Waals surface area contributed by atoms with Gasteiger partial charge in [0, 0.05) is 25.7 Å². The Kier molecular flexibility index (Phi) is 9.18. The molecule has 0 aliphatic heterocycles. The molecule has 0 saturated carbocycles. The van der Waals surface area contributed by atoms with Crippen LogP contribution in [0.15, 0.2) is 28.4 Å². The number of carbonyl (C=O) groups excluding carboxylic acids is 1. The first-order valence-corrected chi connectivity index (χ1v) is 10.5. The summed E-state index contributed by atoms with van der Waals surface area (Å²) in [4.78, 5) is 14.1. The molecular formula is C22H28N8O. The van der Waals surface area contributed by atoms with Crippen LogP contribution in [0.1, 0.15) is 57.7 Å². The second-order valence-corrected chi connectivity index (χ2v) is 7.12. The largest absolute Gasteiger partial charge is 0.371 e. The zero-order chi connectivity index (χ0) is 22.6. The average molecular weight is 421 g/mol. The van der Waals surface area contributed by atoms with Crippen LogP contribution in [0.4, 0.5) is 22.9 Å². The third-order valence-electron chi connectivity index (χ3n) is 4.66. The summed E-state index contributed by atoms with van der Waals surface area (Å²) in [6, 6.07) is 9.63. The van der Waals surface area contributed by atoms with Gasteiger partial charge in [-0.25, -0.2) is 0 Å². The van der Waals surface area contributed by atoms with Gasteiger partial charge in [-0.05, 0) is 31.0 Å². The van der Waals surface area contributed by atoms with E-state index in [0.717, 1.165) is 44.5 Å². The van der Waals surface area contributed by atoms with Gasteiger partial charge in [0.1, 0.15) is 17.3 Å². The lowest BCUT2D eigenvalue weighted by atomic mass is 10.2. The van der Waals surface area contributed by atoms with E-state index in [0.29, 0.717) is 17.1 Å². The lowest BCUT2D eigenvalue weighted by molar-refractivity contribution is -0.114. The summed E-state index contributed by atoms with van der Waals surface area (Å²) in [5, 5.41) is 35.9. The van der Waals surface area contributed by atoms with Crippen molar-refractivity contribution >= 4 is 28.8 Å². The zero-order valence-corrected chi connectivity index (χ0v) is 18.3. The molecule has 162 valence electrons. The van der Waals surface area contributed by atoms with Gasteiger partial charge in [0.15, 0.2) is 0 Å². The molecule has 0 atom stereocenters. The molecule has 1 heterocycles. The number of unbranched alkanes of at least 4 members (excludes halogenated alkanes) is 2. The van der Waals surface area contributed by atoms with Gasteiger partial charge in [-0.1, -0.05) is 26.7 Å². The van der Waals surface area contributed by atoms with Crippen molar-refractivity contribution in [3.05, 3.63) is 29.5 Å². The fourth-order valence-electron chi connectivity index (χ4n) is 3.03. The summed E-state index contributed by atoms with van der Waals surface area (Å²) >= 11 is 0. The number of azo groups is 1. The Morgan fingerprint density at radius 1 is 1.19 bits per heavy atom. The predicted molar refractivity (Wildman–Crippen MR) is 120 cm³/mol. The number of aromatic amines is 1. The highest BCUT2D eigenvalue weighted by Gasteiger charge is 2.14. The van der Waals surface area contributed by atoms with Crippen LogP contribution in [0.5, 0.6) is 0 Å². The third-order valence-corrected chi connectivity index (χ3v) is 4.66. The van der Waals surface area contributed by atoms with Crippen LogP contribution in [0.3, 0.4) is 0 Å². The Balaban J connectivity index is 2.37. The van der Waals surface area contributed by atoms with Crippen molar-refractivity contribution in [1.82, 2.24) is 10.2 Å². The number of nitrogens with one attached hydrogen (secondary N) is 2. The molecule has 0 fully saturated rings. The summed E-state index contributed by atoms with van der Waals surface area (Å²) < 4.78 is 0. The molecule has 31 heavy (non-hydrogen) atoms. The van der Waals surface area contributed by atoms with Crippen LogP contribution < -0.4 is 10.2 Å². The van der Waals surface area contributed by atoms with Crippen LogP contribution in [-0.2, 0) is 11.2 Å². The van der Waals surface area contributed by atoms with Gasteiger partial charge in [0.05, 0.1) is 23.9 Å². The fraction of sp³-hybridized carbons (Fsp3) is 0.455. The van der Waals surface area contributed by atoms with E-state index >= 15 is 0 Å². The lowest BCUT2D eigenvalue weighted by Crippen LogP contribution is -2.25. The first-order chi connectivity index (χ1) is 15.0. The van der Waals surface area contributed by atoms with Crippen LogP contribution in [0.2, 0.25) is 0 Å². The molecule has 1 amide bonds. The Bertz CT molecular complexity index is 988. The minimum Gasteiger partial charge on any atom is -0.371 e. The number of hydrogen-bond donors (Lipinski definition) is 2. The van der Waals surface area contributed by atoms with Crippen molar-refractivity contribution in [2.75, 3.05) is 23.3 Å². The fourth-order valence-corrected chi connectivity index (χ4v) is 3.03. The van der Waals surface area contributed by atoms with Gasteiger partial charge in [-0.15, -0.1) is 10.2 Å². The standard InChI is InChI=1S/C22H28N8O/c1-4-6-12-30(13-7-5-2)17-8-9-20(21(14-17)25-16(3)31)27-29-22-18(15-24)19(10-11-23)26-28-22/h8-9,14H,4-7,10,12-13H2,1-3H3,(H,25,31)(H,26,28). The molecule has 0 unspecified atom stereocenters. The Hall–Kier alpha value is -3.72. The maximum absolute atomic E-state index is 11.8. The number of nitriles is 2. The highest BCUT2D eigenvalue weighted by molar-refractivity contribution is 5.93. The topological polar surface area (TPSA) is 133 Å². The summed E-state index contributed by atoms with van der Waals surface area (Å²) in [5.41, 5.74) is 2.60. The van der Waals surface area contributed by atoms with Crippen LogP contribution in [0, 0.1) is 22.7 Å². The summed E-state index contributed by atoms with van der Waals surface area (Å²) in [6.07, 6.45) is 4.41. The summed E-state index contributed by atoms with van der Waals surface area (Å²) in [7, 11) is 0. The Morgan fingerprint density at radius 2 is 1.90 bits per heavy atom. The summed E-state index contributed by atoms with van der Waals surface area (Å²) in [5.74, 6) is -0.103.